The van der Waals surface area contributed by atoms with Gasteiger partial charge in [-0.05, 0) is 76.0 Å². The fourth-order valence-electron chi connectivity index (χ4n) is 5.22. The second kappa shape index (κ2) is 10.9. The maximum Gasteiger partial charge on any atom is 0.410 e. The van der Waals surface area contributed by atoms with Crippen LogP contribution in [0.5, 0.6) is 0 Å². The van der Waals surface area contributed by atoms with Gasteiger partial charge in [0.05, 0.1) is 15.7 Å². The van der Waals surface area contributed by atoms with Crippen molar-refractivity contribution in [3.05, 3.63) is 71.0 Å². The topological polar surface area (TPSA) is 58.6 Å². The van der Waals surface area contributed by atoms with Crippen molar-refractivity contribution in [1.82, 2.24) is 9.62 Å². The standard InChI is InChI=1S/C27H33F3N2O3S/c1-27(2,3)36(34)31-25(14-18-13-23(29)24(30)15-22(18)28)19-11-20-9-10-21(12-19)32(20)26(33)35-16-17-7-5-4-6-8-17/h4-8,13,15,19-21,25,31H,9-12,14,16H2,1-3H3/t19?,20-,21+,25-,36+/m1/s1. The summed E-state index contributed by atoms with van der Waals surface area (Å²) in [4.78, 5) is 14.8. The molecule has 2 heterocycles. The minimum Gasteiger partial charge on any atom is -0.445 e. The van der Waals surface area contributed by atoms with E-state index in [9.17, 15) is 22.2 Å². The summed E-state index contributed by atoms with van der Waals surface area (Å²) in [5, 5.41) is 0. The lowest BCUT2D eigenvalue weighted by Crippen LogP contribution is -2.52. The van der Waals surface area contributed by atoms with Crippen LogP contribution in [0.15, 0.2) is 42.5 Å². The summed E-state index contributed by atoms with van der Waals surface area (Å²) in [6.45, 7) is 5.70. The van der Waals surface area contributed by atoms with Crippen LogP contribution in [0, 0.1) is 23.4 Å². The molecular formula is C27H33F3N2O3S. The first-order chi connectivity index (χ1) is 17.0. The molecule has 1 amide bonds. The minimum atomic E-state index is -1.45. The monoisotopic (exact) mass is 522 g/mol. The molecule has 1 N–H and O–H groups in total. The Balaban J connectivity index is 1.49. The lowest BCUT2D eigenvalue weighted by molar-refractivity contribution is 0.0484. The highest BCUT2D eigenvalue weighted by Gasteiger charge is 2.46. The third kappa shape index (κ3) is 6.11. The number of hydrogen-bond donors (Lipinski definition) is 1. The molecule has 196 valence electrons. The Morgan fingerprint density at radius 1 is 1.06 bits per heavy atom. The van der Waals surface area contributed by atoms with Gasteiger partial charge in [0.2, 0.25) is 0 Å². The van der Waals surface area contributed by atoms with E-state index in [1.165, 1.54) is 0 Å². The van der Waals surface area contributed by atoms with Crippen molar-refractivity contribution < 1.29 is 26.9 Å². The second-order valence-corrected chi connectivity index (χ2v) is 12.7. The molecule has 36 heavy (non-hydrogen) atoms. The molecule has 0 spiro atoms. The first-order valence-corrected chi connectivity index (χ1v) is 13.5. The maximum absolute atomic E-state index is 14.5. The Bertz CT molecular complexity index is 1100. The van der Waals surface area contributed by atoms with Crippen LogP contribution in [0.2, 0.25) is 0 Å². The van der Waals surface area contributed by atoms with E-state index < -0.39 is 39.2 Å². The molecule has 0 radical (unpaired) electrons. The quantitative estimate of drug-likeness (QED) is 0.479. The summed E-state index contributed by atoms with van der Waals surface area (Å²) in [6.07, 6.45) is 2.63. The van der Waals surface area contributed by atoms with Crippen LogP contribution in [-0.4, -0.2) is 38.1 Å². The van der Waals surface area contributed by atoms with Crippen molar-refractivity contribution in [1.29, 1.82) is 0 Å². The summed E-state index contributed by atoms with van der Waals surface area (Å²) in [7, 11) is -1.45. The number of ether oxygens (including phenoxy) is 1. The highest BCUT2D eigenvalue weighted by molar-refractivity contribution is 7.84. The summed E-state index contributed by atoms with van der Waals surface area (Å²) < 4.78 is 63.0. The van der Waals surface area contributed by atoms with E-state index >= 15 is 0 Å². The van der Waals surface area contributed by atoms with E-state index in [2.05, 4.69) is 4.72 Å². The molecule has 0 aliphatic carbocycles. The van der Waals surface area contributed by atoms with Gasteiger partial charge in [-0.1, -0.05) is 30.3 Å². The zero-order valence-corrected chi connectivity index (χ0v) is 21.6. The molecule has 9 heteroatoms. The van der Waals surface area contributed by atoms with Crippen molar-refractivity contribution >= 4 is 17.1 Å². The lowest BCUT2D eigenvalue weighted by atomic mass is 9.83. The Morgan fingerprint density at radius 2 is 1.67 bits per heavy atom. The highest BCUT2D eigenvalue weighted by atomic mass is 32.2. The van der Waals surface area contributed by atoms with Crippen molar-refractivity contribution in [2.75, 3.05) is 0 Å². The van der Waals surface area contributed by atoms with Crippen LogP contribution < -0.4 is 4.72 Å². The normalized spacial score (nSPS) is 23.4. The zero-order valence-electron chi connectivity index (χ0n) is 20.8. The molecule has 2 aromatic rings. The first kappa shape index (κ1) is 26.7. The molecule has 2 saturated heterocycles. The molecule has 0 saturated carbocycles. The number of rotatable bonds is 7. The molecule has 2 fully saturated rings. The van der Waals surface area contributed by atoms with Crippen molar-refractivity contribution in [2.45, 2.75) is 82.4 Å². The SMILES string of the molecule is CC(C)(C)[S@](=O)N[C@H](Cc1cc(F)c(F)cc1F)C1C[C@H]2CC[C@@H](C1)N2C(=O)OCc1ccccc1. The highest BCUT2D eigenvalue weighted by Crippen LogP contribution is 2.41. The van der Waals surface area contributed by atoms with Gasteiger partial charge in [-0.15, -0.1) is 0 Å². The minimum absolute atomic E-state index is 0.0283. The molecule has 2 aliphatic rings. The molecule has 2 bridgehead atoms. The Morgan fingerprint density at radius 3 is 2.28 bits per heavy atom. The van der Waals surface area contributed by atoms with Gasteiger partial charge in [-0.3, -0.25) is 0 Å². The van der Waals surface area contributed by atoms with E-state index in [-0.39, 0.29) is 42.7 Å². The number of nitrogens with zero attached hydrogens (tertiary/aromatic N) is 1. The van der Waals surface area contributed by atoms with Crippen LogP contribution in [0.3, 0.4) is 0 Å². The van der Waals surface area contributed by atoms with Crippen molar-refractivity contribution in [3.8, 4) is 0 Å². The Labute approximate surface area is 213 Å². The molecule has 2 aromatic carbocycles. The number of carbonyl (C=O) groups is 1. The third-order valence-corrected chi connectivity index (χ3v) is 8.73. The van der Waals surface area contributed by atoms with Crippen LogP contribution in [0.4, 0.5) is 18.0 Å². The summed E-state index contributed by atoms with van der Waals surface area (Å²) >= 11 is 0. The van der Waals surface area contributed by atoms with E-state index in [4.69, 9.17) is 4.74 Å². The molecule has 0 aromatic heterocycles. The Kier molecular flexibility index (Phi) is 8.09. The van der Waals surface area contributed by atoms with E-state index in [0.29, 0.717) is 18.9 Å². The third-order valence-electron chi connectivity index (χ3n) is 7.10. The van der Waals surface area contributed by atoms with Crippen molar-refractivity contribution in [3.63, 3.8) is 0 Å². The predicted molar refractivity (Wildman–Crippen MR) is 133 cm³/mol. The molecular weight excluding hydrogens is 489 g/mol. The van der Waals surface area contributed by atoms with Gasteiger partial charge in [0.15, 0.2) is 11.6 Å². The number of piperidine rings is 1. The zero-order chi connectivity index (χ0) is 26.0. The number of hydrogen-bond acceptors (Lipinski definition) is 3. The number of nitrogens with one attached hydrogen (secondary N) is 1. The predicted octanol–water partition coefficient (Wildman–Crippen LogP) is 5.65. The average molecular weight is 523 g/mol. The number of benzene rings is 2. The van der Waals surface area contributed by atoms with E-state index in [1.54, 1.807) is 0 Å². The maximum atomic E-state index is 14.5. The van der Waals surface area contributed by atoms with Gasteiger partial charge < -0.3 is 9.64 Å². The second-order valence-electron chi connectivity index (χ2n) is 10.7. The van der Waals surface area contributed by atoms with E-state index in [1.807, 2.05) is 56.0 Å². The van der Waals surface area contributed by atoms with Crippen molar-refractivity contribution in [2.24, 2.45) is 5.92 Å². The number of carbonyl (C=O) groups excluding carboxylic acids is 1. The van der Waals surface area contributed by atoms with Gasteiger partial charge in [0.1, 0.15) is 12.4 Å². The fraction of sp³-hybridized carbons (Fsp3) is 0.519. The first-order valence-electron chi connectivity index (χ1n) is 12.3. The van der Waals surface area contributed by atoms with Crippen LogP contribution in [0.1, 0.15) is 57.6 Å². The number of fused-ring (bicyclic) bond motifs is 2. The van der Waals surface area contributed by atoms with Gasteiger partial charge in [0.25, 0.3) is 0 Å². The smallest absolute Gasteiger partial charge is 0.410 e. The Hall–Kier alpha value is -2.39. The summed E-state index contributed by atoms with van der Waals surface area (Å²) in [5.74, 6) is -3.20. The molecule has 5 atom stereocenters. The molecule has 2 aliphatic heterocycles. The molecule has 5 nitrogen and oxygen atoms in total. The van der Waals surface area contributed by atoms with Gasteiger partial charge in [0, 0.05) is 24.2 Å². The largest absolute Gasteiger partial charge is 0.445 e. The van der Waals surface area contributed by atoms with Crippen LogP contribution in [0.25, 0.3) is 0 Å². The molecule has 4 rings (SSSR count). The summed E-state index contributed by atoms with van der Waals surface area (Å²) in [6, 6.07) is 10.4. The van der Waals surface area contributed by atoms with Crippen LogP contribution in [-0.2, 0) is 28.8 Å². The van der Waals surface area contributed by atoms with Gasteiger partial charge >= 0.3 is 6.09 Å². The van der Waals surface area contributed by atoms with Crippen LogP contribution >= 0.6 is 0 Å². The van der Waals surface area contributed by atoms with E-state index in [0.717, 1.165) is 24.5 Å². The average Bonchev–Trinajstić information content (AvgIpc) is 3.09. The van der Waals surface area contributed by atoms with Gasteiger partial charge in [-0.2, -0.15) is 0 Å². The number of halogens is 3. The lowest BCUT2D eigenvalue weighted by Gasteiger charge is -2.41. The fourth-order valence-corrected chi connectivity index (χ4v) is 6.12. The van der Waals surface area contributed by atoms with Gasteiger partial charge in [-0.25, -0.2) is 26.9 Å². The molecule has 1 unspecified atom stereocenters. The summed E-state index contributed by atoms with van der Waals surface area (Å²) in [5.41, 5.74) is 0.949. The number of amides is 1.